The Morgan fingerprint density at radius 1 is 1.16 bits per heavy atom. The van der Waals surface area contributed by atoms with Crippen LogP contribution in [0, 0.1) is 18.8 Å². The van der Waals surface area contributed by atoms with Crippen LogP contribution in [0.2, 0.25) is 0 Å². The monoisotopic (exact) mass is 443 g/mol. The molecule has 3 atom stereocenters. The summed E-state index contributed by atoms with van der Waals surface area (Å²) in [4.78, 5) is 41.4. The topological polar surface area (TPSA) is 81.7 Å². The molecule has 166 valence electrons. The minimum absolute atomic E-state index is 0.0706. The van der Waals surface area contributed by atoms with Crippen LogP contribution in [-0.2, 0) is 23.9 Å². The molecular weight excluding hydrogens is 414 g/mol. The number of carbonyl (C=O) groups is 3. The summed E-state index contributed by atoms with van der Waals surface area (Å²) in [6.07, 6.45) is 4.36. The zero-order valence-corrected chi connectivity index (χ0v) is 19.3. The summed E-state index contributed by atoms with van der Waals surface area (Å²) < 4.78 is 10.8. The first-order valence-corrected chi connectivity index (χ1v) is 11.7. The fraction of sp³-hybridized carbons (Fsp3) is 0.542. The van der Waals surface area contributed by atoms with Crippen molar-refractivity contribution < 1.29 is 23.9 Å². The number of aryl methyl sites for hydroxylation is 1. The van der Waals surface area contributed by atoms with Crippen LogP contribution in [0.25, 0.3) is 0 Å². The van der Waals surface area contributed by atoms with Gasteiger partial charge in [0.15, 0.2) is 5.78 Å². The Bertz CT molecular complexity index is 982. The summed E-state index contributed by atoms with van der Waals surface area (Å²) in [5.74, 6) is -2.73. The molecule has 6 nitrogen and oxygen atoms in total. The van der Waals surface area contributed by atoms with Crippen molar-refractivity contribution >= 4 is 29.1 Å². The number of hydrogen-bond donors (Lipinski definition) is 1. The number of methoxy groups -OCH3 is 1. The second-order valence-corrected chi connectivity index (χ2v) is 10.1. The van der Waals surface area contributed by atoms with Crippen molar-refractivity contribution in [1.29, 1.82) is 0 Å². The van der Waals surface area contributed by atoms with Gasteiger partial charge >= 0.3 is 11.9 Å². The highest BCUT2D eigenvalue weighted by Crippen LogP contribution is 2.47. The maximum absolute atomic E-state index is 13.6. The highest BCUT2D eigenvalue weighted by atomic mass is 32.1. The van der Waals surface area contributed by atoms with Gasteiger partial charge in [-0.1, -0.05) is 6.92 Å². The third-order valence-corrected chi connectivity index (χ3v) is 7.65. The Balaban J connectivity index is 1.78. The number of hydrogen-bond acceptors (Lipinski definition) is 7. The summed E-state index contributed by atoms with van der Waals surface area (Å²) in [5.41, 5.74) is 2.48. The smallest absolute Gasteiger partial charge is 0.337 e. The fourth-order valence-corrected chi connectivity index (χ4v) is 6.06. The Morgan fingerprint density at radius 2 is 1.87 bits per heavy atom. The van der Waals surface area contributed by atoms with E-state index in [1.165, 1.54) is 7.11 Å². The number of carbonyl (C=O) groups excluding carboxylic acids is 3. The van der Waals surface area contributed by atoms with E-state index in [1.54, 1.807) is 11.3 Å². The highest BCUT2D eigenvalue weighted by molar-refractivity contribution is 7.12. The van der Waals surface area contributed by atoms with Crippen LogP contribution < -0.4 is 5.32 Å². The molecule has 1 aliphatic heterocycles. The highest BCUT2D eigenvalue weighted by Gasteiger charge is 2.47. The average molecular weight is 444 g/mol. The molecule has 2 aliphatic carbocycles. The molecule has 1 saturated carbocycles. The van der Waals surface area contributed by atoms with Gasteiger partial charge in [0.2, 0.25) is 0 Å². The van der Waals surface area contributed by atoms with Crippen molar-refractivity contribution in [3.63, 3.8) is 0 Å². The zero-order valence-electron chi connectivity index (χ0n) is 18.4. The van der Waals surface area contributed by atoms with E-state index in [2.05, 4.69) is 5.32 Å². The van der Waals surface area contributed by atoms with Crippen molar-refractivity contribution in [2.75, 3.05) is 7.11 Å². The Kier molecular flexibility index (Phi) is 6.06. The van der Waals surface area contributed by atoms with Crippen LogP contribution in [0.5, 0.6) is 0 Å². The van der Waals surface area contributed by atoms with E-state index in [9.17, 15) is 14.4 Å². The van der Waals surface area contributed by atoms with Crippen LogP contribution >= 0.6 is 11.3 Å². The van der Waals surface area contributed by atoms with Crippen molar-refractivity contribution in [1.82, 2.24) is 5.32 Å². The van der Waals surface area contributed by atoms with E-state index in [0.29, 0.717) is 23.3 Å². The number of dihydropyridines is 1. The number of Topliss-reactive ketones (excluding diaryl/α,β-unsaturated/α-hetero) is 1. The fourth-order valence-electron chi connectivity index (χ4n) is 5.07. The van der Waals surface area contributed by atoms with E-state index in [1.807, 2.05) is 32.9 Å². The first-order valence-electron chi connectivity index (χ1n) is 10.9. The molecule has 4 rings (SSSR count). The molecule has 0 bridgehead atoms. The maximum atomic E-state index is 13.6. The molecule has 0 spiro atoms. The molecule has 31 heavy (non-hydrogen) atoms. The van der Waals surface area contributed by atoms with Gasteiger partial charge in [-0.15, -0.1) is 11.3 Å². The van der Waals surface area contributed by atoms with Gasteiger partial charge in [0.05, 0.1) is 18.6 Å². The van der Waals surface area contributed by atoms with Crippen LogP contribution in [0.1, 0.15) is 61.6 Å². The summed E-state index contributed by atoms with van der Waals surface area (Å²) in [5, 5.41) is 3.31. The van der Waals surface area contributed by atoms with Crippen molar-refractivity contribution in [3.05, 3.63) is 44.4 Å². The van der Waals surface area contributed by atoms with Gasteiger partial charge in [0.1, 0.15) is 12.0 Å². The lowest BCUT2D eigenvalue weighted by molar-refractivity contribution is -0.151. The van der Waals surface area contributed by atoms with E-state index < -0.39 is 17.8 Å². The molecule has 0 radical (unpaired) electrons. The Morgan fingerprint density at radius 3 is 2.48 bits per heavy atom. The van der Waals surface area contributed by atoms with Crippen LogP contribution in [0.3, 0.4) is 0 Å². The molecule has 0 amide bonds. The molecule has 1 aromatic heterocycles. The van der Waals surface area contributed by atoms with Gasteiger partial charge in [0, 0.05) is 26.7 Å². The first kappa shape index (κ1) is 21.8. The van der Waals surface area contributed by atoms with Gasteiger partial charge in [0.25, 0.3) is 0 Å². The SMILES string of the molecule is COC(=O)C1C(=O)C2=C(CC1C)NC(C)=C(C(=O)OC1CCCC1)C2c1ccc(C)s1. The third kappa shape index (κ3) is 3.95. The van der Waals surface area contributed by atoms with Crippen molar-refractivity contribution in [3.8, 4) is 0 Å². The largest absolute Gasteiger partial charge is 0.468 e. The second kappa shape index (κ2) is 8.61. The molecular formula is C24H29NO5S. The minimum atomic E-state index is -0.861. The number of allylic oxidation sites excluding steroid dienone is 3. The summed E-state index contributed by atoms with van der Waals surface area (Å²) >= 11 is 1.56. The minimum Gasteiger partial charge on any atom is -0.468 e. The van der Waals surface area contributed by atoms with Gasteiger partial charge in [-0.05, 0) is 64.0 Å². The molecule has 0 saturated heterocycles. The van der Waals surface area contributed by atoms with Crippen LogP contribution in [-0.4, -0.2) is 30.9 Å². The molecule has 1 fully saturated rings. The number of nitrogens with one attached hydrogen (secondary N) is 1. The van der Waals surface area contributed by atoms with Gasteiger partial charge in [-0.2, -0.15) is 0 Å². The van der Waals surface area contributed by atoms with E-state index in [4.69, 9.17) is 9.47 Å². The van der Waals surface area contributed by atoms with Gasteiger partial charge in [-0.3, -0.25) is 9.59 Å². The predicted molar refractivity (Wildman–Crippen MR) is 117 cm³/mol. The molecule has 0 aromatic carbocycles. The van der Waals surface area contributed by atoms with Gasteiger partial charge in [-0.25, -0.2) is 4.79 Å². The summed E-state index contributed by atoms with van der Waals surface area (Å²) in [7, 11) is 1.31. The second-order valence-electron chi connectivity index (χ2n) is 8.80. The standard InChI is InChI=1S/C24H29NO5S/c1-12-11-16-20(22(26)18(12)23(27)29-4)21(17-10-9-13(2)31-17)19(14(3)25-16)24(28)30-15-7-5-6-8-15/h9-10,12,15,18,21,25H,5-8,11H2,1-4H3. The number of ketones is 1. The number of thiophene rings is 1. The third-order valence-electron chi connectivity index (χ3n) is 6.58. The maximum Gasteiger partial charge on any atom is 0.337 e. The lowest BCUT2D eigenvalue weighted by Gasteiger charge is -2.38. The molecule has 1 N–H and O–H groups in total. The Hall–Kier alpha value is -2.41. The number of rotatable bonds is 4. The number of ether oxygens (including phenoxy) is 2. The van der Waals surface area contributed by atoms with E-state index >= 15 is 0 Å². The van der Waals surface area contributed by atoms with Crippen LogP contribution in [0.4, 0.5) is 0 Å². The molecule has 3 aliphatic rings. The summed E-state index contributed by atoms with van der Waals surface area (Å²) in [6.45, 7) is 5.75. The van der Waals surface area contributed by atoms with Crippen molar-refractivity contribution in [2.45, 2.75) is 64.9 Å². The lowest BCUT2D eigenvalue weighted by atomic mass is 9.70. The molecule has 3 unspecified atom stereocenters. The van der Waals surface area contributed by atoms with Crippen molar-refractivity contribution in [2.24, 2.45) is 11.8 Å². The van der Waals surface area contributed by atoms with Crippen LogP contribution in [0.15, 0.2) is 34.7 Å². The first-order chi connectivity index (χ1) is 14.8. The van der Waals surface area contributed by atoms with E-state index in [0.717, 1.165) is 41.1 Å². The quantitative estimate of drug-likeness (QED) is 0.556. The number of esters is 2. The predicted octanol–water partition coefficient (Wildman–Crippen LogP) is 4.16. The zero-order chi connectivity index (χ0) is 22.3. The summed E-state index contributed by atoms with van der Waals surface area (Å²) in [6, 6.07) is 3.96. The van der Waals surface area contributed by atoms with E-state index in [-0.39, 0.29) is 23.8 Å². The normalized spacial score (nSPS) is 26.6. The lowest BCUT2D eigenvalue weighted by Crippen LogP contribution is -2.43. The Labute approximate surface area is 186 Å². The molecule has 7 heteroatoms. The average Bonchev–Trinajstić information content (AvgIpc) is 3.38. The molecule has 2 heterocycles. The molecule has 1 aromatic rings. The van der Waals surface area contributed by atoms with Gasteiger partial charge < -0.3 is 14.8 Å².